The van der Waals surface area contributed by atoms with Gasteiger partial charge >= 0.3 is 6.01 Å². The number of hydrogen-bond acceptors (Lipinski definition) is 4. The van der Waals surface area contributed by atoms with Crippen molar-refractivity contribution in [2.45, 2.75) is 51.5 Å². The van der Waals surface area contributed by atoms with Gasteiger partial charge in [-0.15, -0.1) is 16.7 Å². The van der Waals surface area contributed by atoms with Crippen molar-refractivity contribution in [3.63, 3.8) is 0 Å². The number of alkyl halides is 1. The molecule has 1 heterocycles. The van der Waals surface area contributed by atoms with Crippen molar-refractivity contribution in [2.24, 2.45) is 5.41 Å². The summed E-state index contributed by atoms with van der Waals surface area (Å²) in [6.45, 7) is 4.61. The number of rotatable bonds is 3. The van der Waals surface area contributed by atoms with E-state index in [-0.39, 0.29) is 5.88 Å². The van der Waals surface area contributed by atoms with Gasteiger partial charge in [0.25, 0.3) is 0 Å². The number of hydrogen-bond donors (Lipinski definition) is 1. The Bertz CT molecular complexity index is 351. The molecule has 1 unspecified atom stereocenters. The van der Waals surface area contributed by atoms with Crippen LogP contribution in [0.1, 0.15) is 45.4 Å². The molecule has 4 nitrogen and oxygen atoms in total. The molecule has 0 bridgehead atoms. The molecule has 1 fully saturated rings. The van der Waals surface area contributed by atoms with Gasteiger partial charge in [0, 0.05) is 6.04 Å². The molecule has 0 radical (unpaired) electrons. The Labute approximate surface area is 101 Å². The molecule has 0 spiro atoms. The number of aromatic nitrogens is 2. The summed E-state index contributed by atoms with van der Waals surface area (Å²) < 4.78 is 5.34. The van der Waals surface area contributed by atoms with Gasteiger partial charge < -0.3 is 9.73 Å². The predicted molar refractivity (Wildman–Crippen MR) is 63.5 cm³/mol. The Balaban J connectivity index is 1.94. The molecule has 0 aliphatic heterocycles. The molecule has 90 valence electrons. The second kappa shape index (κ2) is 4.62. The van der Waals surface area contributed by atoms with Crippen molar-refractivity contribution in [2.75, 3.05) is 5.32 Å². The molecule has 1 N–H and O–H groups in total. The predicted octanol–water partition coefficient (Wildman–Crippen LogP) is 3.19. The Kier molecular flexibility index (Phi) is 3.38. The first-order valence-corrected chi connectivity index (χ1v) is 6.27. The molecule has 1 aromatic heterocycles. The molecule has 1 saturated carbocycles. The molecule has 1 aromatic rings. The summed E-state index contributed by atoms with van der Waals surface area (Å²) in [4.78, 5) is 0. The van der Waals surface area contributed by atoms with Crippen LogP contribution < -0.4 is 5.32 Å². The van der Waals surface area contributed by atoms with Crippen molar-refractivity contribution < 1.29 is 4.42 Å². The van der Waals surface area contributed by atoms with Crippen LogP contribution in [0.3, 0.4) is 0 Å². The zero-order valence-electron chi connectivity index (χ0n) is 9.79. The Hall–Kier alpha value is -0.770. The molecular weight excluding hydrogens is 226 g/mol. The van der Waals surface area contributed by atoms with Crippen molar-refractivity contribution >= 4 is 17.6 Å². The van der Waals surface area contributed by atoms with Crippen LogP contribution in [0.15, 0.2) is 4.42 Å². The van der Waals surface area contributed by atoms with E-state index in [1.165, 1.54) is 19.3 Å². The Morgan fingerprint density at radius 1 is 1.50 bits per heavy atom. The van der Waals surface area contributed by atoms with Crippen molar-refractivity contribution in [3.05, 3.63) is 5.89 Å². The van der Waals surface area contributed by atoms with E-state index in [1.54, 1.807) is 0 Å². The minimum Gasteiger partial charge on any atom is -0.407 e. The zero-order valence-corrected chi connectivity index (χ0v) is 10.5. The minimum atomic E-state index is 0.269. The lowest BCUT2D eigenvalue weighted by atomic mass is 9.75. The molecule has 2 rings (SSSR count). The van der Waals surface area contributed by atoms with E-state index in [0.717, 1.165) is 6.42 Å². The quantitative estimate of drug-likeness (QED) is 0.829. The third kappa shape index (κ3) is 2.88. The summed E-state index contributed by atoms with van der Waals surface area (Å²) in [6.07, 6.45) is 4.86. The smallest absolute Gasteiger partial charge is 0.315 e. The molecule has 1 aliphatic carbocycles. The first-order valence-electron chi connectivity index (χ1n) is 5.74. The fraction of sp³-hybridized carbons (Fsp3) is 0.818. The number of nitrogens with one attached hydrogen (secondary N) is 1. The van der Waals surface area contributed by atoms with Crippen molar-refractivity contribution in [1.29, 1.82) is 0 Å². The molecule has 5 heteroatoms. The molecule has 1 atom stereocenters. The maximum absolute atomic E-state index is 5.60. The number of halogens is 1. The van der Waals surface area contributed by atoms with Crippen LogP contribution in [0.4, 0.5) is 6.01 Å². The molecule has 1 aliphatic rings. The summed E-state index contributed by atoms with van der Waals surface area (Å²) in [6, 6.07) is 0.936. The normalized spacial score (nSPS) is 24.3. The van der Waals surface area contributed by atoms with Gasteiger partial charge in [-0.05, 0) is 24.7 Å². The monoisotopic (exact) mass is 243 g/mol. The maximum Gasteiger partial charge on any atom is 0.315 e. The molecule has 16 heavy (non-hydrogen) atoms. The average Bonchev–Trinajstić information content (AvgIpc) is 2.64. The van der Waals surface area contributed by atoms with E-state index >= 15 is 0 Å². The van der Waals surface area contributed by atoms with Crippen LogP contribution in [0, 0.1) is 5.41 Å². The second-order valence-corrected chi connectivity index (χ2v) is 5.50. The van der Waals surface area contributed by atoms with Crippen LogP contribution in [-0.4, -0.2) is 16.2 Å². The summed E-state index contributed by atoms with van der Waals surface area (Å²) >= 11 is 5.60. The van der Waals surface area contributed by atoms with E-state index in [0.29, 0.717) is 23.4 Å². The van der Waals surface area contributed by atoms with Crippen LogP contribution in [0.2, 0.25) is 0 Å². The van der Waals surface area contributed by atoms with Gasteiger partial charge in [0.15, 0.2) is 0 Å². The van der Waals surface area contributed by atoms with Crippen molar-refractivity contribution in [3.8, 4) is 0 Å². The van der Waals surface area contributed by atoms with Crippen LogP contribution >= 0.6 is 11.6 Å². The number of anilines is 1. The van der Waals surface area contributed by atoms with E-state index in [4.69, 9.17) is 16.0 Å². The second-order valence-electron chi connectivity index (χ2n) is 5.24. The van der Waals surface area contributed by atoms with Crippen LogP contribution in [0.5, 0.6) is 0 Å². The zero-order chi connectivity index (χ0) is 11.6. The molecule has 0 aromatic carbocycles. The standard InChI is InChI=1S/C11H18ClN3O/c1-11(2)5-3-4-8(6-11)13-10-15-14-9(7-12)16-10/h8H,3-7H2,1-2H3,(H,13,15). The molecule has 0 amide bonds. The highest BCUT2D eigenvalue weighted by atomic mass is 35.5. The first kappa shape index (κ1) is 11.7. The maximum atomic E-state index is 5.60. The van der Waals surface area contributed by atoms with Gasteiger partial charge in [0.2, 0.25) is 5.89 Å². The SMILES string of the molecule is CC1(C)CCCC(Nc2nnc(CCl)o2)C1. The Morgan fingerprint density at radius 2 is 2.31 bits per heavy atom. The Morgan fingerprint density at radius 3 is 2.94 bits per heavy atom. The average molecular weight is 244 g/mol. The largest absolute Gasteiger partial charge is 0.407 e. The third-order valence-corrected chi connectivity index (χ3v) is 3.34. The summed E-state index contributed by atoms with van der Waals surface area (Å²) in [7, 11) is 0. The van der Waals surface area contributed by atoms with Gasteiger partial charge in [-0.2, -0.15) is 0 Å². The highest BCUT2D eigenvalue weighted by molar-refractivity contribution is 6.16. The summed E-state index contributed by atoms with van der Waals surface area (Å²) in [5.74, 6) is 0.740. The van der Waals surface area contributed by atoms with Gasteiger partial charge in [0.05, 0.1) is 0 Å². The van der Waals surface area contributed by atoms with E-state index in [9.17, 15) is 0 Å². The van der Waals surface area contributed by atoms with Crippen molar-refractivity contribution in [1.82, 2.24) is 10.2 Å². The van der Waals surface area contributed by atoms with Gasteiger partial charge in [-0.1, -0.05) is 25.4 Å². The van der Waals surface area contributed by atoms with E-state index in [2.05, 4.69) is 29.4 Å². The third-order valence-electron chi connectivity index (χ3n) is 3.11. The van der Waals surface area contributed by atoms with E-state index in [1.807, 2.05) is 0 Å². The number of nitrogens with zero attached hydrogens (tertiary/aromatic N) is 2. The lowest BCUT2D eigenvalue weighted by molar-refractivity contribution is 0.227. The van der Waals surface area contributed by atoms with Crippen LogP contribution in [-0.2, 0) is 5.88 Å². The lowest BCUT2D eigenvalue weighted by Gasteiger charge is -2.35. The van der Waals surface area contributed by atoms with Crippen LogP contribution in [0.25, 0.3) is 0 Å². The lowest BCUT2D eigenvalue weighted by Crippen LogP contribution is -2.31. The minimum absolute atomic E-state index is 0.269. The fourth-order valence-corrected chi connectivity index (χ4v) is 2.47. The highest BCUT2D eigenvalue weighted by Crippen LogP contribution is 2.36. The van der Waals surface area contributed by atoms with Gasteiger partial charge in [-0.3, -0.25) is 0 Å². The van der Waals surface area contributed by atoms with Gasteiger partial charge in [-0.25, -0.2) is 0 Å². The first-order chi connectivity index (χ1) is 7.59. The molecular formula is C11H18ClN3O. The molecule has 0 saturated heterocycles. The van der Waals surface area contributed by atoms with E-state index < -0.39 is 0 Å². The summed E-state index contributed by atoms with van der Waals surface area (Å²) in [5.41, 5.74) is 0.408. The fourth-order valence-electron chi connectivity index (χ4n) is 2.36. The summed E-state index contributed by atoms with van der Waals surface area (Å²) in [5, 5.41) is 11.0. The highest BCUT2D eigenvalue weighted by Gasteiger charge is 2.28. The van der Waals surface area contributed by atoms with Gasteiger partial charge in [0.1, 0.15) is 5.88 Å². The topological polar surface area (TPSA) is 51.0 Å².